The highest BCUT2D eigenvalue weighted by Crippen LogP contribution is 2.44. The number of alkyl carbamates (subject to hydrolysis) is 1. The maximum Gasteiger partial charge on any atom is 0.407 e. The van der Waals surface area contributed by atoms with Crippen molar-refractivity contribution in [1.82, 2.24) is 10.6 Å². The number of rotatable bonds is 11. The molecule has 0 bridgehead atoms. The molecule has 2 aromatic rings. The number of fused-ring (bicyclic) bond motifs is 3. The van der Waals surface area contributed by atoms with Crippen LogP contribution in [0.2, 0.25) is 0 Å². The summed E-state index contributed by atoms with van der Waals surface area (Å²) in [6, 6.07) is 13.8. The predicted molar refractivity (Wildman–Crippen MR) is 131 cm³/mol. The van der Waals surface area contributed by atoms with Crippen molar-refractivity contribution >= 4 is 29.7 Å². The Labute approximate surface area is 203 Å². The predicted octanol–water partition coefficient (Wildman–Crippen LogP) is 3.25. The monoisotopic (exact) mass is 486 g/mol. The minimum Gasteiger partial charge on any atom is -0.480 e. The number of aliphatic carboxylic acids is 1. The van der Waals surface area contributed by atoms with Crippen molar-refractivity contribution in [3.63, 3.8) is 0 Å². The Morgan fingerprint density at radius 2 is 1.62 bits per heavy atom. The number of hydrogen-bond acceptors (Lipinski definition) is 6. The molecule has 8 nitrogen and oxygen atoms in total. The van der Waals surface area contributed by atoms with Gasteiger partial charge in [0.05, 0.1) is 6.10 Å². The number of carbonyl (C=O) groups is 3. The summed E-state index contributed by atoms with van der Waals surface area (Å²) in [5.74, 6) is -1.32. The van der Waals surface area contributed by atoms with Crippen LogP contribution in [0.3, 0.4) is 0 Å². The summed E-state index contributed by atoms with van der Waals surface area (Å²) >= 11 is 1.48. The van der Waals surface area contributed by atoms with Gasteiger partial charge in [-0.25, -0.2) is 9.59 Å². The number of thioether (sulfide) groups is 1. The number of carboxylic acid groups (broad SMARTS) is 1. The number of amides is 2. The second-order valence-corrected chi connectivity index (χ2v) is 9.05. The second-order valence-electron chi connectivity index (χ2n) is 8.07. The fraction of sp³-hybridized carbons (Fsp3) is 0.400. The molecule has 0 fully saturated rings. The van der Waals surface area contributed by atoms with Gasteiger partial charge in [0.25, 0.3) is 0 Å². The zero-order chi connectivity index (χ0) is 24.7. The van der Waals surface area contributed by atoms with Gasteiger partial charge in [0.2, 0.25) is 5.91 Å². The van der Waals surface area contributed by atoms with Crippen LogP contribution in [0.5, 0.6) is 0 Å². The molecule has 3 atom stereocenters. The topological polar surface area (TPSA) is 114 Å². The standard InChI is InChI=1S/C25H30N2O6S/c1-15(32-2)22(23(28)26-21(24(29)30)12-13-34-3)27-25(31)33-14-20-18-10-6-4-8-16(18)17-9-5-7-11-19(17)20/h4-11,15,20-22H,12-14H2,1-3H3,(H,26,28)(H,27,31)(H,29,30)/t15-,21+,22+/m1/s1. The third-order valence-electron chi connectivity index (χ3n) is 5.97. The van der Waals surface area contributed by atoms with E-state index in [4.69, 9.17) is 9.47 Å². The van der Waals surface area contributed by atoms with Crippen molar-refractivity contribution in [3.8, 4) is 11.1 Å². The highest BCUT2D eigenvalue weighted by Gasteiger charge is 2.32. The molecule has 0 heterocycles. The van der Waals surface area contributed by atoms with E-state index < -0.39 is 36.2 Å². The molecule has 0 radical (unpaired) electrons. The molecular formula is C25H30N2O6S. The van der Waals surface area contributed by atoms with Crippen molar-refractivity contribution in [1.29, 1.82) is 0 Å². The lowest BCUT2D eigenvalue weighted by atomic mass is 9.98. The third-order valence-corrected chi connectivity index (χ3v) is 6.61. The van der Waals surface area contributed by atoms with E-state index in [-0.39, 0.29) is 18.9 Å². The number of hydrogen-bond donors (Lipinski definition) is 3. The Morgan fingerprint density at radius 1 is 1.03 bits per heavy atom. The maximum atomic E-state index is 12.8. The second kappa shape index (κ2) is 11.9. The lowest BCUT2D eigenvalue weighted by Crippen LogP contribution is -2.56. The molecule has 1 aliphatic rings. The average molecular weight is 487 g/mol. The number of ether oxygens (including phenoxy) is 2. The molecule has 0 unspecified atom stereocenters. The zero-order valence-electron chi connectivity index (χ0n) is 19.4. The van der Waals surface area contributed by atoms with Crippen LogP contribution in [0, 0.1) is 0 Å². The van der Waals surface area contributed by atoms with Crippen molar-refractivity contribution in [2.24, 2.45) is 0 Å². The molecule has 34 heavy (non-hydrogen) atoms. The van der Waals surface area contributed by atoms with Gasteiger partial charge in [-0.05, 0) is 47.6 Å². The molecule has 9 heteroatoms. The van der Waals surface area contributed by atoms with Gasteiger partial charge in [0, 0.05) is 13.0 Å². The number of carboxylic acids is 1. The number of carbonyl (C=O) groups excluding carboxylic acids is 2. The normalized spacial score (nSPS) is 14.9. The van der Waals surface area contributed by atoms with E-state index in [1.165, 1.54) is 18.9 Å². The van der Waals surface area contributed by atoms with Crippen LogP contribution >= 0.6 is 11.8 Å². The first-order valence-corrected chi connectivity index (χ1v) is 12.4. The Kier molecular flexibility index (Phi) is 8.95. The first-order chi connectivity index (χ1) is 16.4. The summed E-state index contributed by atoms with van der Waals surface area (Å²) in [4.78, 5) is 37.0. The quantitative estimate of drug-likeness (QED) is 0.447. The molecule has 0 saturated carbocycles. The minimum atomic E-state index is -1.13. The van der Waals surface area contributed by atoms with Crippen molar-refractivity contribution < 1.29 is 29.0 Å². The number of benzene rings is 2. The smallest absolute Gasteiger partial charge is 0.407 e. The van der Waals surface area contributed by atoms with Crippen LogP contribution in [0.1, 0.15) is 30.4 Å². The summed E-state index contributed by atoms with van der Waals surface area (Å²) < 4.78 is 10.8. The molecule has 1 aliphatic carbocycles. The molecule has 182 valence electrons. The van der Waals surface area contributed by atoms with Crippen LogP contribution < -0.4 is 10.6 Å². The van der Waals surface area contributed by atoms with E-state index >= 15 is 0 Å². The Balaban J connectivity index is 1.66. The highest BCUT2D eigenvalue weighted by atomic mass is 32.2. The summed E-state index contributed by atoms with van der Waals surface area (Å²) in [5.41, 5.74) is 4.38. The summed E-state index contributed by atoms with van der Waals surface area (Å²) in [5, 5.41) is 14.4. The highest BCUT2D eigenvalue weighted by molar-refractivity contribution is 7.98. The van der Waals surface area contributed by atoms with E-state index in [0.717, 1.165) is 22.3 Å². The minimum absolute atomic E-state index is 0.0983. The van der Waals surface area contributed by atoms with Gasteiger partial charge in [-0.1, -0.05) is 48.5 Å². The maximum absolute atomic E-state index is 12.8. The van der Waals surface area contributed by atoms with E-state index in [1.807, 2.05) is 54.8 Å². The van der Waals surface area contributed by atoms with Gasteiger partial charge in [-0.3, -0.25) is 4.79 Å². The first-order valence-electron chi connectivity index (χ1n) is 11.0. The lowest BCUT2D eigenvalue weighted by Gasteiger charge is -2.25. The molecule has 0 saturated heterocycles. The average Bonchev–Trinajstić information content (AvgIpc) is 3.16. The zero-order valence-corrected chi connectivity index (χ0v) is 20.3. The van der Waals surface area contributed by atoms with E-state index in [2.05, 4.69) is 10.6 Å². The molecule has 0 aromatic heterocycles. The molecule has 0 aliphatic heterocycles. The van der Waals surface area contributed by atoms with Crippen LogP contribution in [-0.4, -0.2) is 67.0 Å². The molecular weight excluding hydrogens is 456 g/mol. The fourth-order valence-electron chi connectivity index (χ4n) is 4.05. The summed E-state index contributed by atoms with van der Waals surface area (Å²) in [7, 11) is 1.41. The molecule has 2 aromatic carbocycles. The SMILES string of the molecule is CO[C@H](C)[C@H](NC(=O)OCC1c2ccccc2-c2ccccc21)C(=O)N[C@@H](CCSC)C(=O)O. The van der Waals surface area contributed by atoms with Crippen molar-refractivity contribution in [2.75, 3.05) is 25.7 Å². The Morgan fingerprint density at radius 3 is 2.15 bits per heavy atom. The van der Waals surface area contributed by atoms with Crippen LogP contribution in [-0.2, 0) is 19.1 Å². The Bertz CT molecular complexity index is 984. The van der Waals surface area contributed by atoms with Gasteiger partial charge in [0.15, 0.2) is 0 Å². The molecule has 0 spiro atoms. The van der Waals surface area contributed by atoms with Gasteiger partial charge < -0.3 is 25.2 Å². The van der Waals surface area contributed by atoms with Crippen LogP contribution in [0.15, 0.2) is 48.5 Å². The largest absolute Gasteiger partial charge is 0.480 e. The van der Waals surface area contributed by atoms with E-state index in [9.17, 15) is 19.5 Å². The van der Waals surface area contributed by atoms with Crippen LogP contribution in [0.4, 0.5) is 4.79 Å². The summed E-state index contributed by atoms with van der Waals surface area (Å²) in [6.07, 6.45) is 0.647. The van der Waals surface area contributed by atoms with E-state index in [1.54, 1.807) is 6.92 Å². The molecule has 3 rings (SSSR count). The molecule has 2 amide bonds. The first kappa shape index (κ1) is 25.6. The van der Waals surface area contributed by atoms with Crippen molar-refractivity contribution in [3.05, 3.63) is 59.7 Å². The van der Waals surface area contributed by atoms with E-state index in [0.29, 0.717) is 5.75 Å². The third kappa shape index (κ3) is 5.90. The lowest BCUT2D eigenvalue weighted by molar-refractivity contribution is -0.142. The number of nitrogens with one attached hydrogen (secondary N) is 2. The fourth-order valence-corrected chi connectivity index (χ4v) is 4.53. The van der Waals surface area contributed by atoms with Crippen LogP contribution in [0.25, 0.3) is 11.1 Å². The van der Waals surface area contributed by atoms with Gasteiger partial charge in [-0.15, -0.1) is 0 Å². The molecule has 3 N–H and O–H groups in total. The van der Waals surface area contributed by atoms with Gasteiger partial charge >= 0.3 is 12.1 Å². The van der Waals surface area contributed by atoms with Gasteiger partial charge in [-0.2, -0.15) is 11.8 Å². The van der Waals surface area contributed by atoms with Crippen molar-refractivity contribution in [2.45, 2.75) is 37.5 Å². The Hall–Kier alpha value is -3.04. The number of methoxy groups -OCH3 is 1. The summed E-state index contributed by atoms with van der Waals surface area (Å²) in [6.45, 7) is 1.71. The van der Waals surface area contributed by atoms with Gasteiger partial charge in [0.1, 0.15) is 18.7 Å².